The maximum Gasteiger partial charge on any atom is 0.159 e. The van der Waals surface area contributed by atoms with Gasteiger partial charge in [0.15, 0.2) is 5.82 Å². The number of benzene rings is 1. The van der Waals surface area contributed by atoms with Crippen LogP contribution in [0.1, 0.15) is 12.1 Å². The molecule has 2 aliphatic rings. The minimum absolute atomic E-state index is 0.658. The van der Waals surface area contributed by atoms with Crippen LogP contribution in [0.5, 0.6) is 0 Å². The fraction of sp³-hybridized carbons (Fsp3) is 0.556. The number of rotatable bonds is 2. The largest absolute Gasteiger partial charge is 0.353 e. The molecule has 1 aromatic carbocycles. The zero-order valence-corrected chi connectivity index (χ0v) is 14.1. The van der Waals surface area contributed by atoms with Crippen molar-refractivity contribution in [3.8, 4) is 0 Å². The first-order chi connectivity index (χ1) is 11.2. The van der Waals surface area contributed by atoms with E-state index < -0.39 is 0 Å². The molecule has 3 heterocycles. The smallest absolute Gasteiger partial charge is 0.159 e. The summed E-state index contributed by atoms with van der Waals surface area (Å²) in [5, 5.41) is 11.4. The van der Waals surface area contributed by atoms with Gasteiger partial charge in [-0.1, -0.05) is 24.3 Å². The summed E-state index contributed by atoms with van der Waals surface area (Å²) in [5.41, 5.74) is 1.01. The lowest BCUT2D eigenvalue weighted by molar-refractivity contribution is 0.120. The standard InChI is InChI=1S/C18H25N5/c1-14-16-5-3-4-6-17(16)18(20-19-14)23-8-7-15(13-23)22-11-9-21(2)10-12-22/h3-6,15H,7-13H2,1-2H3. The van der Waals surface area contributed by atoms with Crippen LogP contribution in [0.4, 0.5) is 5.82 Å². The predicted molar refractivity (Wildman–Crippen MR) is 94.0 cm³/mol. The summed E-state index contributed by atoms with van der Waals surface area (Å²) in [5.74, 6) is 1.06. The van der Waals surface area contributed by atoms with Gasteiger partial charge in [0.05, 0.1) is 5.69 Å². The van der Waals surface area contributed by atoms with Crippen molar-refractivity contribution in [2.24, 2.45) is 0 Å². The molecular weight excluding hydrogens is 286 g/mol. The Morgan fingerprint density at radius 2 is 1.70 bits per heavy atom. The van der Waals surface area contributed by atoms with Gasteiger partial charge in [-0.2, -0.15) is 5.10 Å². The van der Waals surface area contributed by atoms with Gasteiger partial charge in [0.25, 0.3) is 0 Å². The van der Waals surface area contributed by atoms with E-state index in [1.807, 2.05) is 6.92 Å². The van der Waals surface area contributed by atoms with E-state index in [4.69, 9.17) is 0 Å². The van der Waals surface area contributed by atoms with Crippen molar-refractivity contribution >= 4 is 16.6 Å². The summed E-state index contributed by atoms with van der Waals surface area (Å²) in [6.45, 7) is 8.94. The molecule has 4 rings (SSSR count). The van der Waals surface area contributed by atoms with Gasteiger partial charge in [0.2, 0.25) is 0 Å². The molecule has 1 atom stereocenters. The summed E-state index contributed by atoms with van der Waals surface area (Å²) in [7, 11) is 2.21. The first-order valence-corrected chi connectivity index (χ1v) is 8.62. The lowest BCUT2D eigenvalue weighted by Gasteiger charge is -2.36. The molecule has 0 radical (unpaired) electrons. The maximum atomic E-state index is 4.53. The van der Waals surface area contributed by atoms with Crippen LogP contribution in [0, 0.1) is 6.92 Å². The van der Waals surface area contributed by atoms with Gasteiger partial charge >= 0.3 is 0 Å². The maximum absolute atomic E-state index is 4.53. The van der Waals surface area contributed by atoms with E-state index in [1.54, 1.807) is 0 Å². The second-order valence-electron chi connectivity index (χ2n) is 6.88. The van der Waals surface area contributed by atoms with E-state index in [-0.39, 0.29) is 0 Å². The van der Waals surface area contributed by atoms with Crippen LogP contribution in [0.25, 0.3) is 10.8 Å². The highest BCUT2D eigenvalue weighted by atomic mass is 15.3. The normalized spacial score (nSPS) is 23.7. The molecule has 2 fully saturated rings. The second-order valence-corrected chi connectivity index (χ2v) is 6.88. The Labute approximate surface area is 137 Å². The fourth-order valence-corrected chi connectivity index (χ4v) is 3.88. The van der Waals surface area contributed by atoms with Crippen LogP contribution in [-0.2, 0) is 0 Å². The molecule has 5 nitrogen and oxygen atoms in total. The number of aromatic nitrogens is 2. The molecule has 2 aromatic rings. The predicted octanol–water partition coefficient (Wildman–Crippen LogP) is 1.76. The number of hydrogen-bond acceptors (Lipinski definition) is 5. The molecule has 0 saturated carbocycles. The molecule has 2 saturated heterocycles. The van der Waals surface area contributed by atoms with Gasteiger partial charge in [-0.3, -0.25) is 4.90 Å². The van der Waals surface area contributed by atoms with Crippen LogP contribution in [0.2, 0.25) is 0 Å². The van der Waals surface area contributed by atoms with Crippen molar-refractivity contribution in [1.29, 1.82) is 0 Å². The van der Waals surface area contributed by atoms with E-state index in [0.29, 0.717) is 6.04 Å². The molecule has 5 heteroatoms. The molecule has 0 aliphatic carbocycles. The Balaban J connectivity index is 1.55. The third kappa shape index (κ3) is 2.79. The van der Waals surface area contributed by atoms with Crippen LogP contribution in [0.15, 0.2) is 24.3 Å². The Bertz CT molecular complexity index is 693. The number of nitrogens with zero attached hydrogens (tertiary/aromatic N) is 5. The Morgan fingerprint density at radius 3 is 2.48 bits per heavy atom. The van der Waals surface area contributed by atoms with E-state index in [0.717, 1.165) is 24.6 Å². The van der Waals surface area contributed by atoms with Crippen molar-refractivity contribution in [2.45, 2.75) is 19.4 Å². The Kier molecular flexibility index (Phi) is 3.91. The van der Waals surface area contributed by atoms with E-state index >= 15 is 0 Å². The SMILES string of the molecule is Cc1nnc(N2CCC(N3CCN(C)CC3)C2)c2ccccc12. The lowest BCUT2D eigenvalue weighted by atomic mass is 10.1. The summed E-state index contributed by atoms with van der Waals surface area (Å²) in [4.78, 5) is 7.50. The summed E-state index contributed by atoms with van der Waals surface area (Å²) >= 11 is 0. The van der Waals surface area contributed by atoms with Crippen molar-refractivity contribution in [3.63, 3.8) is 0 Å². The number of fused-ring (bicyclic) bond motifs is 1. The van der Waals surface area contributed by atoms with Crippen LogP contribution in [-0.4, -0.2) is 72.4 Å². The highest BCUT2D eigenvalue weighted by Crippen LogP contribution is 2.29. The Morgan fingerprint density at radius 1 is 0.957 bits per heavy atom. The molecule has 2 aliphatic heterocycles. The quantitative estimate of drug-likeness (QED) is 0.844. The first kappa shape index (κ1) is 14.8. The zero-order chi connectivity index (χ0) is 15.8. The summed E-state index contributed by atoms with van der Waals surface area (Å²) in [6.07, 6.45) is 1.23. The van der Waals surface area contributed by atoms with Crippen LogP contribution >= 0.6 is 0 Å². The third-order valence-corrected chi connectivity index (χ3v) is 5.37. The molecule has 0 bridgehead atoms. The van der Waals surface area contributed by atoms with Crippen molar-refractivity contribution in [2.75, 3.05) is 51.2 Å². The molecule has 1 aromatic heterocycles. The molecule has 1 unspecified atom stereocenters. The van der Waals surface area contributed by atoms with Gasteiger partial charge in [0.1, 0.15) is 0 Å². The van der Waals surface area contributed by atoms with E-state index in [1.165, 1.54) is 43.4 Å². The van der Waals surface area contributed by atoms with Gasteiger partial charge in [-0.15, -0.1) is 5.10 Å². The minimum Gasteiger partial charge on any atom is -0.353 e. The first-order valence-electron chi connectivity index (χ1n) is 8.62. The second kappa shape index (κ2) is 6.06. The van der Waals surface area contributed by atoms with E-state index in [9.17, 15) is 0 Å². The molecule has 0 amide bonds. The monoisotopic (exact) mass is 311 g/mol. The molecule has 122 valence electrons. The van der Waals surface area contributed by atoms with Gasteiger partial charge in [-0.05, 0) is 20.4 Å². The molecule has 0 N–H and O–H groups in total. The molecular formula is C18H25N5. The van der Waals surface area contributed by atoms with E-state index in [2.05, 4.69) is 56.2 Å². The van der Waals surface area contributed by atoms with Gasteiger partial charge < -0.3 is 9.80 Å². The highest BCUT2D eigenvalue weighted by Gasteiger charge is 2.30. The third-order valence-electron chi connectivity index (χ3n) is 5.37. The fourth-order valence-electron chi connectivity index (χ4n) is 3.88. The van der Waals surface area contributed by atoms with Gasteiger partial charge in [-0.25, -0.2) is 0 Å². The number of anilines is 1. The molecule has 0 spiro atoms. The number of piperazine rings is 1. The van der Waals surface area contributed by atoms with Crippen molar-refractivity contribution in [3.05, 3.63) is 30.0 Å². The summed E-state index contributed by atoms with van der Waals surface area (Å²) < 4.78 is 0. The van der Waals surface area contributed by atoms with Gasteiger partial charge in [0, 0.05) is 56.1 Å². The van der Waals surface area contributed by atoms with Crippen molar-refractivity contribution < 1.29 is 0 Å². The summed E-state index contributed by atoms with van der Waals surface area (Å²) in [6, 6.07) is 9.16. The Hall–Kier alpha value is -1.72. The topological polar surface area (TPSA) is 35.5 Å². The van der Waals surface area contributed by atoms with Crippen LogP contribution < -0.4 is 4.90 Å². The van der Waals surface area contributed by atoms with Crippen molar-refractivity contribution in [1.82, 2.24) is 20.0 Å². The van der Waals surface area contributed by atoms with Crippen LogP contribution in [0.3, 0.4) is 0 Å². The lowest BCUT2D eigenvalue weighted by Crippen LogP contribution is -2.49. The average molecular weight is 311 g/mol. The average Bonchev–Trinajstić information content (AvgIpc) is 3.06. The number of aryl methyl sites for hydroxylation is 1. The zero-order valence-electron chi connectivity index (χ0n) is 14.1. The minimum atomic E-state index is 0.658. The number of hydrogen-bond donors (Lipinski definition) is 0. The number of likely N-dealkylation sites (N-methyl/N-ethyl adjacent to an activating group) is 1. The molecule has 23 heavy (non-hydrogen) atoms. The highest BCUT2D eigenvalue weighted by molar-refractivity contribution is 5.93.